The highest BCUT2D eigenvalue weighted by Gasteiger charge is 2.25. The van der Waals surface area contributed by atoms with Crippen LogP contribution in [0, 0.1) is 0 Å². The van der Waals surface area contributed by atoms with Crippen LogP contribution in [-0.4, -0.2) is 24.2 Å². The number of fused-ring (bicyclic) bond motifs is 4. The van der Waals surface area contributed by atoms with E-state index in [0.717, 1.165) is 89.3 Å². The molecule has 0 aliphatic rings. The minimum Gasteiger partial charge on any atom is -0.507 e. The van der Waals surface area contributed by atoms with Gasteiger partial charge in [-0.3, -0.25) is 9.55 Å². The molecule has 0 atom stereocenters. The second-order valence-electron chi connectivity index (χ2n) is 21.3. The molecule has 0 unspecified atom stereocenters. The van der Waals surface area contributed by atoms with Crippen LogP contribution in [0.3, 0.4) is 0 Å². The zero-order chi connectivity index (χ0) is 50.0. The van der Waals surface area contributed by atoms with Crippen molar-refractivity contribution in [1.82, 2.24) is 19.1 Å². The summed E-state index contributed by atoms with van der Waals surface area (Å²) in [5.41, 5.74) is 19.3. The van der Waals surface area contributed by atoms with Gasteiger partial charge in [0.1, 0.15) is 11.6 Å². The summed E-state index contributed by atoms with van der Waals surface area (Å²) >= 11 is 0. The monoisotopic (exact) mass is 944 g/mol. The van der Waals surface area contributed by atoms with Crippen LogP contribution >= 0.6 is 0 Å². The van der Waals surface area contributed by atoms with Crippen molar-refractivity contribution >= 4 is 32.8 Å². The van der Waals surface area contributed by atoms with Gasteiger partial charge in [0, 0.05) is 45.0 Å². The first-order valence-electron chi connectivity index (χ1n) is 25.2. The van der Waals surface area contributed by atoms with Gasteiger partial charge in [0.15, 0.2) is 0 Å². The molecule has 0 aliphatic carbocycles. The maximum Gasteiger partial charge on any atom is 0.149 e. The van der Waals surface area contributed by atoms with Gasteiger partial charge >= 0.3 is 0 Å². The molecular weight excluding hydrogens is 889 g/mol. The van der Waals surface area contributed by atoms with Crippen molar-refractivity contribution in [2.75, 3.05) is 0 Å². The molecule has 0 radical (unpaired) electrons. The minimum atomic E-state index is -0.151. The second-order valence-corrected chi connectivity index (χ2v) is 21.3. The van der Waals surface area contributed by atoms with Crippen LogP contribution in [0.5, 0.6) is 5.75 Å². The molecule has 73 heavy (non-hydrogen) atoms. The van der Waals surface area contributed by atoms with Gasteiger partial charge in [-0.15, -0.1) is 0 Å². The van der Waals surface area contributed by atoms with E-state index in [1.807, 2.05) is 18.3 Å². The molecule has 5 heteroatoms. The van der Waals surface area contributed by atoms with E-state index < -0.39 is 0 Å². The maximum atomic E-state index is 12.0. The molecule has 0 bridgehead atoms. The van der Waals surface area contributed by atoms with Gasteiger partial charge in [-0.2, -0.15) is 0 Å². The van der Waals surface area contributed by atoms with Gasteiger partial charge in [0.2, 0.25) is 0 Å². The number of benzene rings is 9. The van der Waals surface area contributed by atoms with E-state index in [0.29, 0.717) is 11.4 Å². The number of phenolic OH excluding ortho intramolecular Hbond substituents is 1. The summed E-state index contributed by atoms with van der Waals surface area (Å²) in [7, 11) is 0. The summed E-state index contributed by atoms with van der Waals surface area (Å²) in [5, 5.41) is 14.4. The molecule has 0 aliphatic heterocycles. The van der Waals surface area contributed by atoms with Gasteiger partial charge in [0.05, 0.1) is 33.3 Å². The van der Waals surface area contributed by atoms with Crippen molar-refractivity contribution in [2.45, 2.75) is 52.4 Å². The SMILES string of the molecule is CC(C)(C)c1ccc(-n2c(-c3ccc(C(C)(C)C)cc3O)nc3c(-c4cc(-c5ccccc5)cc(-c5cc(-c6cccc7c8ccccc8n(-c8ccccc8)c67)ccn5)c4)cc(-c4ccccc4)cc32)cc1. The van der Waals surface area contributed by atoms with E-state index in [2.05, 4.69) is 257 Å². The fourth-order valence-corrected chi connectivity index (χ4v) is 10.5. The van der Waals surface area contributed by atoms with E-state index in [4.69, 9.17) is 9.97 Å². The Balaban J connectivity index is 1.11. The Hall–Kier alpha value is -8.80. The lowest BCUT2D eigenvalue weighted by Gasteiger charge is -2.21. The number of rotatable bonds is 8. The largest absolute Gasteiger partial charge is 0.507 e. The molecule has 9 aromatic carbocycles. The average Bonchev–Trinajstić information content (AvgIpc) is 3.97. The number of imidazole rings is 1. The maximum absolute atomic E-state index is 12.0. The number of hydrogen-bond acceptors (Lipinski definition) is 3. The second kappa shape index (κ2) is 17.8. The number of nitrogens with zero attached hydrogens (tertiary/aromatic N) is 4. The molecule has 0 saturated carbocycles. The smallest absolute Gasteiger partial charge is 0.149 e. The highest BCUT2D eigenvalue weighted by Crippen LogP contribution is 2.44. The predicted octanol–water partition coefficient (Wildman–Crippen LogP) is 17.8. The summed E-state index contributed by atoms with van der Waals surface area (Å²) in [6, 6.07) is 77.7. The van der Waals surface area contributed by atoms with Crippen LogP contribution in [0.4, 0.5) is 0 Å². The number of para-hydroxylation sites is 3. The summed E-state index contributed by atoms with van der Waals surface area (Å²) in [4.78, 5) is 10.8. The molecule has 0 fully saturated rings. The molecule has 3 heterocycles. The van der Waals surface area contributed by atoms with Crippen LogP contribution in [0.25, 0.3) is 111 Å². The molecule has 0 saturated heterocycles. The summed E-state index contributed by atoms with van der Waals surface area (Å²) in [6.07, 6.45) is 1.94. The van der Waals surface area contributed by atoms with E-state index >= 15 is 0 Å². The van der Waals surface area contributed by atoms with Gasteiger partial charge in [-0.25, -0.2) is 4.98 Å². The van der Waals surface area contributed by atoms with Crippen molar-refractivity contribution < 1.29 is 5.11 Å². The Morgan fingerprint density at radius 3 is 1.66 bits per heavy atom. The Bertz CT molecular complexity index is 4020. The Morgan fingerprint density at radius 1 is 0.384 bits per heavy atom. The van der Waals surface area contributed by atoms with Crippen LogP contribution in [0.15, 0.2) is 225 Å². The van der Waals surface area contributed by atoms with E-state index in [9.17, 15) is 5.11 Å². The van der Waals surface area contributed by atoms with Crippen molar-refractivity contribution in [2.24, 2.45) is 0 Å². The third kappa shape index (κ3) is 8.27. The molecule has 12 rings (SSSR count). The van der Waals surface area contributed by atoms with Crippen LogP contribution in [-0.2, 0) is 10.8 Å². The van der Waals surface area contributed by atoms with Crippen molar-refractivity contribution in [3.8, 4) is 84.3 Å². The lowest BCUT2D eigenvalue weighted by Crippen LogP contribution is -2.11. The van der Waals surface area contributed by atoms with Crippen molar-refractivity contribution in [1.29, 1.82) is 0 Å². The molecule has 0 spiro atoms. The lowest BCUT2D eigenvalue weighted by atomic mass is 9.86. The van der Waals surface area contributed by atoms with Gasteiger partial charge in [-0.1, -0.05) is 175 Å². The first-order valence-corrected chi connectivity index (χ1v) is 25.2. The minimum absolute atomic E-state index is 0.0294. The van der Waals surface area contributed by atoms with Gasteiger partial charge in [-0.05, 0) is 140 Å². The van der Waals surface area contributed by atoms with Crippen LogP contribution in [0.2, 0.25) is 0 Å². The zero-order valence-corrected chi connectivity index (χ0v) is 42.1. The number of aromatic hydroxyl groups is 1. The average molecular weight is 945 g/mol. The first kappa shape index (κ1) is 45.3. The Morgan fingerprint density at radius 2 is 0.973 bits per heavy atom. The number of hydrogen-bond donors (Lipinski definition) is 1. The standard InChI is InChI=1S/C68H56N4O/c1-67(2,3)51-29-32-54(33-30-51)72-62-42-48(45-21-12-8-13-22-45)40-59(64(62)70-66(72)58-34-31-52(43-63(58)73)68(4,5)6)49-37-47(44-19-10-7-11-20-44)38-50(39-49)60-41-46(35-36-69-60)55-26-18-27-57-56-25-16-17-28-61(56)71(65(55)57)53-23-14-9-15-24-53/h7-43,73H,1-6H3. The van der Waals surface area contributed by atoms with Crippen LogP contribution < -0.4 is 0 Å². The number of pyridine rings is 1. The summed E-state index contributed by atoms with van der Waals surface area (Å²) in [5.74, 6) is 0.859. The van der Waals surface area contributed by atoms with Crippen LogP contribution in [0.1, 0.15) is 52.7 Å². The quantitative estimate of drug-likeness (QED) is 0.165. The fourth-order valence-electron chi connectivity index (χ4n) is 10.5. The van der Waals surface area contributed by atoms with Crippen molar-refractivity contribution in [3.63, 3.8) is 0 Å². The zero-order valence-electron chi connectivity index (χ0n) is 42.1. The topological polar surface area (TPSA) is 55.9 Å². The normalized spacial score (nSPS) is 12.0. The molecule has 1 N–H and O–H groups in total. The van der Waals surface area contributed by atoms with Gasteiger partial charge in [0.25, 0.3) is 0 Å². The summed E-state index contributed by atoms with van der Waals surface area (Å²) in [6.45, 7) is 13.2. The third-order valence-electron chi connectivity index (χ3n) is 14.4. The summed E-state index contributed by atoms with van der Waals surface area (Å²) < 4.78 is 4.62. The molecule has 3 aromatic heterocycles. The fraction of sp³-hybridized carbons (Fsp3) is 0.118. The predicted molar refractivity (Wildman–Crippen MR) is 305 cm³/mol. The van der Waals surface area contributed by atoms with E-state index in [-0.39, 0.29) is 16.6 Å². The Kier molecular flexibility index (Phi) is 11.1. The van der Waals surface area contributed by atoms with E-state index in [1.54, 1.807) is 0 Å². The Labute approximate surface area is 427 Å². The molecule has 0 amide bonds. The highest BCUT2D eigenvalue weighted by atomic mass is 16.3. The van der Waals surface area contributed by atoms with Crippen molar-refractivity contribution in [3.05, 3.63) is 236 Å². The number of aromatic nitrogens is 4. The van der Waals surface area contributed by atoms with E-state index in [1.165, 1.54) is 21.9 Å². The lowest BCUT2D eigenvalue weighted by molar-refractivity contribution is 0.472. The first-order chi connectivity index (χ1) is 35.4. The number of phenols is 1. The van der Waals surface area contributed by atoms with Gasteiger partial charge < -0.3 is 9.67 Å². The highest BCUT2D eigenvalue weighted by molar-refractivity contribution is 6.14. The molecule has 5 nitrogen and oxygen atoms in total. The third-order valence-corrected chi connectivity index (χ3v) is 14.4. The molecular formula is C68H56N4O. The molecule has 354 valence electrons. The molecule has 12 aromatic rings.